The van der Waals surface area contributed by atoms with Crippen LogP contribution in [-0.4, -0.2) is 15.0 Å². The minimum absolute atomic E-state index is 0.430. The molecule has 2 rings (SSSR count). The highest BCUT2D eigenvalue weighted by Gasteiger charge is 2.02. The molecule has 0 spiro atoms. The van der Waals surface area contributed by atoms with Crippen molar-refractivity contribution in [2.24, 2.45) is 0 Å². The Morgan fingerprint density at radius 1 is 1.50 bits per heavy atom. The van der Waals surface area contributed by atoms with E-state index in [4.69, 9.17) is 5.73 Å². The van der Waals surface area contributed by atoms with Crippen LogP contribution in [0.5, 0.6) is 0 Å². The first-order chi connectivity index (χ1) is 5.75. The predicted molar refractivity (Wildman–Crippen MR) is 51.3 cm³/mol. The molecule has 0 aliphatic rings. The van der Waals surface area contributed by atoms with Crippen LogP contribution in [0.2, 0.25) is 0 Å². The first-order valence-electron chi connectivity index (χ1n) is 3.19. The van der Waals surface area contributed by atoms with E-state index in [-0.39, 0.29) is 0 Å². The van der Waals surface area contributed by atoms with Gasteiger partial charge in [-0.05, 0) is 28.1 Å². The number of thiophene rings is 1. The molecule has 0 bridgehead atoms. The lowest BCUT2D eigenvalue weighted by molar-refractivity contribution is 0.767. The van der Waals surface area contributed by atoms with E-state index in [9.17, 15) is 0 Å². The van der Waals surface area contributed by atoms with Gasteiger partial charge < -0.3 is 5.73 Å². The molecule has 4 nitrogen and oxygen atoms in total. The Morgan fingerprint density at radius 2 is 2.33 bits per heavy atom. The monoisotopic (exact) mass is 244 g/mol. The van der Waals surface area contributed by atoms with Crippen LogP contribution < -0.4 is 5.73 Å². The number of nitrogen functional groups attached to an aromatic ring is 1. The molecule has 2 aromatic rings. The molecular weight excluding hydrogens is 240 g/mol. The zero-order chi connectivity index (χ0) is 8.55. The smallest absolute Gasteiger partial charge is 0.166 e. The van der Waals surface area contributed by atoms with Crippen LogP contribution >= 0.6 is 27.3 Å². The molecule has 0 saturated carbocycles. The molecule has 0 saturated heterocycles. The van der Waals surface area contributed by atoms with Gasteiger partial charge in [-0.25, -0.2) is 0 Å². The topological polar surface area (TPSA) is 56.7 Å². The lowest BCUT2D eigenvalue weighted by Gasteiger charge is -1.90. The Hall–Kier alpha value is -0.880. The van der Waals surface area contributed by atoms with E-state index < -0.39 is 0 Å². The van der Waals surface area contributed by atoms with E-state index in [1.165, 1.54) is 11.0 Å². The second kappa shape index (κ2) is 2.87. The quantitative estimate of drug-likeness (QED) is 0.831. The van der Waals surface area contributed by atoms with Gasteiger partial charge in [-0.2, -0.15) is 5.10 Å². The van der Waals surface area contributed by atoms with Crippen molar-refractivity contribution >= 4 is 33.1 Å². The van der Waals surface area contributed by atoms with E-state index in [0.29, 0.717) is 5.82 Å². The second-order valence-corrected chi connectivity index (χ2v) is 4.58. The van der Waals surface area contributed by atoms with Crippen LogP contribution in [-0.2, 0) is 0 Å². The maximum atomic E-state index is 5.42. The van der Waals surface area contributed by atoms with E-state index in [1.54, 1.807) is 11.3 Å². The SMILES string of the molecule is Nc1cnn(-c2ccc(Br)s2)n1. The molecule has 62 valence electrons. The number of hydrogen-bond donors (Lipinski definition) is 1. The predicted octanol–water partition coefficient (Wildman–Crippen LogP) is 1.67. The molecular formula is C6H5BrN4S. The van der Waals surface area contributed by atoms with Crippen LogP contribution in [0.15, 0.2) is 22.1 Å². The molecule has 2 aromatic heterocycles. The molecule has 0 unspecified atom stereocenters. The number of nitrogens with two attached hydrogens (primary N) is 1. The summed E-state index contributed by atoms with van der Waals surface area (Å²) in [5.74, 6) is 0.430. The Labute approximate surface area is 81.1 Å². The average molecular weight is 245 g/mol. The Kier molecular flexibility index (Phi) is 1.86. The van der Waals surface area contributed by atoms with E-state index >= 15 is 0 Å². The van der Waals surface area contributed by atoms with Gasteiger partial charge in [0, 0.05) is 0 Å². The number of nitrogens with zero attached hydrogens (tertiary/aromatic N) is 3. The first kappa shape index (κ1) is 7.75. The Bertz CT molecular complexity index is 355. The van der Waals surface area contributed by atoms with Crippen molar-refractivity contribution in [3.63, 3.8) is 0 Å². The summed E-state index contributed by atoms with van der Waals surface area (Å²) in [6.07, 6.45) is 1.52. The van der Waals surface area contributed by atoms with Crippen molar-refractivity contribution in [3.05, 3.63) is 22.1 Å². The van der Waals surface area contributed by atoms with E-state index in [2.05, 4.69) is 26.1 Å². The standard InChI is InChI=1S/C6H5BrN4S/c7-4-1-2-6(12-4)11-9-3-5(8)10-11/h1-3H,(H2,8,10). The maximum Gasteiger partial charge on any atom is 0.166 e. The fourth-order valence-electron chi connectivity index (χ4n) is 0.793. The van der Waals surface area contributed by atoms with Gasteiger partial charge in [0.2, 0.25) is 0 Å². The van der Waals surface area contributed by atoms with Crippen molar-refractivity contribution in [1.29, 1.82) is 0 Å². The largest absolute Gasteiger partial charge is 0.381 e. The summed E-state index contributed by atoms with van der Waals surface area (Å²) in [5.41, 5.74) is 5.42. The summed E-state index contributed by atoms with van der Waals surface area (Å²) < 4.78 is 1.05. The van der Waals surface area contributed by atoms with Gasteiger partial charge in [0.1, 0.15) is 5.00 Å². The lowest BCUT2D eigenvalue weighted by Crippen LogP contribution is -1.95. The van der Waals surface area contributed by atoms with E-state index in [0.717, 1.165) is 8.79 Å². The zero-order valence-electron chi connectivity index (χ0n) is 5.94. The normalized spacial score (nSPS) is 10.4. The molecule has 0 atom stereocenters. The van der Waals surface area contributed by atoms with Gasteiger partial charge in [-0.1, -0.05) is 0 Å². The average Bonchev–Trinajstić information content (AvgIpc) is 2.58. The lowest BCUT2D eigenvalue weighted by atomic mass is 10.6. The van der Waals surface area contributed by atoms with Crippen molar-refractivity contribution < 1.29 is 0 Å². The van der Waals surface area contributed by atoms with Gasteiger partial charge in [-0.15, -0.1) is 21.2 Å². The van der Waals surface area contributed by atoms with Crippen molar-refractivity contribution in [2.75, 3.05) is 5.73 Å². The zero-order valence-corrected chi connectivity index (χ0v) is 8.34. The van der Waals surface area contributed by atoms with Crippen LogP contribution in [0.25, 0.3) is 5.00 Å². The summed E-state index contributed by atoms with van der Waals surface area (Å²) in [6.45, 7) is 0. The van der Waals surface area contributed by atoms with Crippen molar-refractivity contribution in [1.82, 2.24) is 15.0 Å². The third-order valence-electron chi connectivity index (χ3n) is 1.27. The summed E-state index contributed by atoms with van der Waals surface area (Å²) in [6, 6.07) is 3.87. The highest BCUT2D eigenvalue weighted by Crippen LogP contribution is 2.24. The molecule has 0 aromatic carbocycles. The molecule has 12 heavy (non-hydrogen) atoms. The number of aromatic nitrogens is 3. The minimum Gasteiger partial charge on any atom is -0.381 e. The van der Waals surface area contributed by atoms with Crippen molar-refractivity contribution in [3.8, 4) is 5.00 Å². The van der Waals surface area contributed by atoms with Crippen LogP contribution in [0.4, 0.5) is 5.82 Å². The van der Waals surface area contributed by atoms with Crippen LogP contribution in [0.3, 0.4) is 0 Å². The molecule has 6 heteroatoms. The summed E-state index contributed by atoms with van der Waals surface area (Å²) in [7, 11) is 0. The molecule has 0 aliphatic heterocycles. The van der Waals surface area contributed by atoms with Gasteiger partial charge in [-0.3, -0.25) is 0 Å². The second-order valence-electron chi connectivity index (χ2n) is 2.14. The minimum atomic E-state index is 0.430. The molecule has 2 N–H and O–H groups in total. The van der Waals surface area contributed by atoms with E-state index in [1.807, 2.05) is 12.1 Å². The van der Waals surface area contributed by atoms with Gasteiger partial charge >= 0.3 is 0 Å². The van der Waals surface area contributed by atoms with Gasteiger partial charge in [0.25, 0.3) is 0 Å². The number of hydrogen-bond acceptors (Lipinski definition) is 4. The number of halogens is 1. The van der Waals surface area contributed by atoms with Crippen LogP contribution in [0, 0.1) is 0 Å². The molecule has 2 heterocycles. The first-order valence-corrected chi connectivity index (χ1v) is 4.80. The summed E-state index contributed by atoms with van der Waals surface area (Å²) in [5, 5.41) is 8.88. The van der Waals surface area contributed by atoms with Crippen molar-refractivity contribution in [2.45, 2.75) is 0 Å². The highest BCUT2D eigenvalue weighted by molar-refractivity contribution is 9.11. The molecule has 0 fully saturated rings. The fraction of sp³-hybridized carbons (Fsp3) is 0. The summed E-state index contributed by atoms with van der Waals surface area (Å²) >= 11 is 4.91. The summed E-state index contributed by atoms with van der Waals surface area (Å²) in [4.78, 5) is 1.50. The fourth-order valence-corrected chi connectivity index (χ4v) is 2.06. The van der Waals surface area contributed by atoms with Gasteiger partial charge in [0.15, 0.2) is 5.82 Å². The third kappa shape index (κ3) is 1.35. The molecule has 0 aliphatic carbocycles. The maximum absolute atomic E-state index is 5.42. The molecule has 0 amide bonds. The third-order valence-corrected chi connectivity index (χ3v) is 2.86. The Balaban J connectivity index is 2.43. The Morgan fingerprint density at radius 3 is 2.83 bits per heavy atom. The van der Waals surface area contributed by atoms with Crippen LogP contribution in [0.1, 0.15) is 0 Å². The van der Waals surface area contributed by atoms with Gasteiger partial charge in [0.05, 0.1) is 9.98 Å². The number of anilines is 1. The molecule has 0 radical (unpaired) electrons. The highest BCUT2D eigenvalue weighted by atomic mass is 79.9. The number of rotatable bonds is 1.